The number of hydrogen-bond donors (Lipinski definition) is 2. The normalized spacial score (nSPS) is 11.5. The number of nitrogens with two attached hydrogens (primary N) is 2. The average molecular weight is 402 g/mol. The molecule has 0 radical (unpaired) electrons. The zero-order chi connectivity index (χ0) is 20.4. The highest BCUT2D eigenvalue weighted by Gasteiger charge is 2.12. The molecular weight excluding hydrogens is 370 g/mol. The Labute approximate surface area is 171 Å². The Morgan fingerprint density at radius 2 is 1.86 bits per heavy atom. The van der Waals surface area contributed by atoms with Crippen LogP contribution >= 0.6 is 11.3 Å². The molecule has 0 aliphatic carbocycles. The summed E-state index contributed by atoms with van der Waals surface area (Å²) in [6.45, 7) is 6.82. The van der Waals surface area contributed by atoms with Crippen molar-refractivity contribution in [3.63, 3.8) is 0 Å². The van der Waals surface area contributed by atoms with Gasteiger partial charge in [-0.25, -0.2) is 4.98 Å². The predicted molar refractivity (Wildman–Crippen MR) is 119 cm³/mol. The number of nitrogens with zero attached hydrogens (tertiary/aromatic N) is 3. The maximum absolute atomic E-state index is 5.93. The number of guanidine groups is 1. The molecule has 0 aliphatic heterocycles. The Morgan fingerprint density at radius 1 is 1.11 bits per heavy atom. The number of aromatic nitrogens is 1. The second kappa shape index (κ2) is 11.4. The third kappa shape index (κ3) is 6.96. The molecule has 6 nitrogen and oxygen atoms in total. The number of ether oxygens (including phenoxy) is 1. The summed E-state index contributed by atoms with van der Waals surface area (Å²) in [5.41, 5.74) is 13.4. The van der Waals surface area contributed by atoms with Crippen LogP contribution in [0.15, 0.2) is 34.5 Å². The number of thiazole rings is 1. The number of rotatable bonds is 11. The Balaban J connectivity index is 1.99. The first-order valence-corrected chi connectivity index (χ1v) is 10.7. The maximum Gasteiger partial charge on any atom is 0.211 e. The Kier molecular flexibility index (Phi) is 8.94. The number of hydrogen-bond acceptors (Lipinski definition) is 5. The minimum atomic E-state index is -0.0584. The van der Waals surface area contributed by atoms with Crippen LogP contribution in [-0.4, -0.2) is 23.3 Å². The smallest absolute Gasteiger partial charge is 0.211 e. The van der Waals surface area contributed by atoms with Crippen LogP contribution in [0.1, 0.15) is 62.9 Å². The molecule has 1 heterocycles. The molecule has 0 atom stereocenters. The Morgan fingerprint density at radius 3 is 2.61 bits per heavy atom. The molecule has 152 valence electrons. The summed E-state index contributed by atoms with van der Waals surface area (Å²) in [4.78, 5) is 5.65. The van der Waals surface area contributed by atoms with Crippen LogP contribution in [0.4, 0.5) is 0 Å². The van der Waals surface area contributed by atoms with Crippen molar-refractivity contribution >= 4 is 23.0 Å². The van der Waals surface area contributed by atoms with Crippen LogP contribution in [0.3, 0.4) is 0 Å². The molecule has 0 bridgehead atoms. The molecule has 2 rings (SSSR count). The quantitative estimate of drug-likeness (QED) is 0.243. The second-order valence-corrected chi connectivity index (χ2v) is 7.79. The van der Waals surface area contributed by atoms with Gasteiger partial charge in [-0.1, -0.05) is 51.2 Å². The van der Waals surface area contributed by atoms with E-state index in [4.69, 9.17) is 16.2 Å². The predicted octanol–water partition coefficient (Wildman–Crippen LogP) is 4.86. The highest BCUT2D eigenvalue weighted by molar-refractivity contribution is 7.17. The van der Waals surface area contributed by atoms with E-state index in [9.17, 15) is 0 Å². The minimum Gasteiger partial charge on any atom is -0.494 e. The molecule has 1 aromatic carbocycles. The molecule has 0 saturated heterocycles. The molecule has 0 amide bonds. The first kappa shape index (κ1) is 21.9. The van der Waals surface area contributed by atoms with E-state index in [0.29, 0.717) is 0 Å². The fourth-order valence-electron chi connectivity index (χ4n) is 2.83. The summed E-state index contributed by atoms with van der Waals surface area (Å²) in [5.74, 6) is 0.823. The van der Waals surface area contributed by atoms with Crippen LogP contribution in [0.5, 0.6) is 5.75 Å². The minimum absolute atomic E-state index is 0.0584. The summed E-state index contributed by atoms with van der Waals surface area (Å²) < 4.78 is 5.93. The molecular formula is C21H31N5OS. The van der Waals surface area contributed by atoms with Crippen molar-refractivity contribution in [1.29, 1.82) is 0 Å². The summed E-state index contributed by atoms with van der Waals surface area (Å²) in [5, 5.41) is 8.71. The second-order valence-electron chi connectivity index (χ2n) is 6.79. The molecule has 28 heavy (non-hydrogen) atoms. The molecule has 0 fully saturated rings. The van der Waals surface area contributed by atoms with Crippen LogP contribution < -0.4 is 16.2 Å². The monoisotopic (exact) mass is 401 g/mol. The topological polar surface area (TPSA) is 98.9 Å². The third-order valence-electron chi connectivity index (χ3n) is 4.29. The van der Waals surface area contributed by atoms with Crippen molar-refractivity contribution in [1.82, 2.24) is 4.98 Å². The van der Waals surface area contributed by atoms with E-state index >= 15 is 0 Å². The lowest BCUT2D eigenvalue weighted by Gasteiger charge is -2.07. The van der Waals surface area contributed by atoms with E-state index in [2.05, 4.69) is 22.1 Å². The van der Waals surface area contributed by atoms with Gasteiger partial charge in [0.2, 0.25) is 5.96 Å². The first-order chi connectivity index (χ1) is 13.5. The lowest BCUT2D eigenvalue weighted by Crippen LogP contribution is -2.22. The van der Waals surface area contributed by atoms with Gasteiger partial charge in [0.1, 0.15) is 10.8 Å². The molecule has 0 unspecified atom stereocenters. The van der Waals surface area contributed by atoms with Gasteiger partial charge >= 0.3 is 0 Å². The van der Waals surface area contributed by atoms with E-state index in [-0.39, 0.29) is 5.96 Å². The molecule has 1 aromatic heterocycles. The van der Waals surface area contributed by atoms with Crippen molar-refractivity contribution in [3.05, 3.63) is 34.8 Å². The van der Waals surface area contributed by atoms with Gasteiger partial charge in [0.05, 0.1) is 22.9 Å². The van der Waals surface area contributed by atoms with Crippen LogP contribution in [0, 0.1) is 6.92 Å². The summed E-state index contributed by atoms with van der Waals surface area (Å²) in [6, 6.07) is 8.08. The van der Waals surface area contributed by atoms with Crippen molar-refractivity contribution in [2.75, 3.05) is 6.61 Å². The third-order valence-corrected chi connectivity index (χ3v) is 5.60. The SMILES string of the molecule is CCCCCCCCOc1cccc(-c2nc(C)c(C(C)=NN=C(N)N)s2)c1. The van der Waals surface area contributed by atoms with Crippen LogP contribution in [-0.2, 0) is 0 Å². The molecule has 0 spiro atoms. The van der Waals surface area contributed by atoms with E-state index in [1.54, 1.807) is 11.3 Å². The Hall–Kier alpha value is -2.41. The average Bonchev–Trinajstić information content (AvgIpc) is 3.07. The fraction of sp³-hybridized carbons (Fsp3) is 0.476. The highest BCUT2D eigenvalue weighted by Crippen LogP contribution is 2.30. The molecule has 7 heteroatoms. The van der Waals surface area contributed by atoms with Gasteiger partial charge in [0.15, 0.2) is 0 Å². The standard InChI is InChI=1S/C21H31N5OS/c1-4-5-6-7-8-9-13-27-18-12-10-11-17(14-18)20-24-15(2)19(28-20)16(3)25-26-21(22)23/h10-12,14H,4-9,13H2,1-3H3,(H4,22,23,26). The Bertz CT molecular complexity index is 809. The number of benzene rings is 1. The molecule has 2 aromatic rings. The number of aryl methyl sites for hydroxylation is 1. The van der Waals surface area contributed by atoms with Gasteiger partial charge in [-0.3, -0.25) is 0 Å². The van der Waals surface area contributed by atoms with E-state index in [0.717, 1.165) is 45.6 Å². The van der Waals surface area contributed by atoms with Gasteiger partial charge in [0, 0.05) is 5.56 Å². The maximum atomic E-state index is 5.93. The van der Waals surface area contributed by atoms with Gasteiger partial charge < -0.3 is 16.2 Å². The summed E-state index contributed by atoms with van der Waals surface area (Å²) in [6.07, 6.45) is 7.54. The van der Waals surface area contributed by atoms with Gasteiger partial charge in [-0.15, -0.1) is 16.4 Å². The first-order valence-electron chi connectivity index (χ1n) is 9.85. The van der Waals surface area contributed by atoms with Crippen LogP contribution in [0.2, 0.25) is 0 Å². The zero-order valence-corrected chi connectivity index (χ0v) is 17.9. The highest BCUT2D eigenvalue weighted by atomic mass is 32.1. The van der Waals surface area contributed by atoms with Crippen molar-refractivity contribution in [3.8, 4) is 16.3 Å². The molecule has 0 saturated carbocycles. The largest absolute Gasteiger partial charge is 0.494 e. The summed E-state index contributed by atoms with van der Waals surface area (Å²) in [7, 11) is 0. The van der Waals surface area contributed by atoms with Crippen molar-refractivity contribution < 1.29 is 4.74 Å². The number of unbranched alkanes of at least 4 members (excludes halogenated alkanes) is 5. The van der Waals surface area contributed by atoms with Gasteiger partial charge in [-0.05, 0) is 32.4 Å². The molecule has 4 N–H and O–H groups in total. The fourth-order valence-corrected chi connectivity index (χ4v) is 3.83. The lowest BCUT2D eigenvalue weighted by molar-refractivity contribution is 0.304. The molecule has 0 aliphatic rings. The van der Waals surface area contributed by atoms with E-state index < -0.39 is 0 Å². The van der Waals surface area contributed by atoms with Crippen molar-refractivity contribution in [2.24, 2.45) is 21.7 Å². The van der Waals surface area contributed by atoms with Gasteiger partial charge in [-0.2, -0.15) is 5.10 Å². The zero-order valence-electron chi connectivity index (χ0n) is 17.1. The van der Waals surface area contributed by atoms with E-state index in [1.165, 1.54) is 32.1 Å². The van der Waals surface area contributed by atoms with Crippen molar-refractivity contribution in [2.45, 2.75) is 59.3 Å². The van der Waals surface area contributed by atoms with Crippen LogP contribution in [0.25, 0.3) is 10.6 Å². The van der Waals surface area contributed by atoms with Gasteiger partial charge in [0.25, 0.3) is 0 Å². The summed E-state index contributed by atoms with van der Waals surface area (Å²) >= 11 is 1.57. The lowest BCUT2D eigenvalue weighted by atomic mass is 10.1. The van der Waals surface area contributed by atoms with E-state index in [1.807, 2.05) is 38.1 Å².